The molecule has 3 heterocycles. The van der Waals surface area contributed by atoms with Gasteiger partial charge in [0.25, 0.3) is 5.91 Å². The van der Waals surface area contributed by atoms with E-state index in [4.69, 9.17) is 4.84 Å². The van der Waals surface area contributed by atoms with Crippen LogP contribution < -0.4 is 15.8 Å². The van der Waals surface area contributed by atoms with E-state index < -0.39 is 5.54 Å². The van der Waals surface area contributed by atoms with Gasteiger partial charge in [0, 0.05) is 5.69 Å². The Bertz CT molecular complexity index is 729. The van der Waals surface area contributed by atoms with Crippen LogP contribution in [0.4, 0.5) is 10.5 Å². The molecule has 1 aromatic rings. The molecule has 0 unspecified atom stereocenters. The highest BCUT2D eigenvalue weighted by Crippen LogP contribution is 2.40. The maximum atomic E-state index is 13.3. The molecule has 2 N–H and O–H groups in total. The molecule has 0 atom stereocenters. The molecule has 3 aliphatic heterocycles. The van der Waals surface area contributed by atoms with Crippen molar-refractivity contribution >= 4 is 17.6 Å². The van der Waals surface area contributed by atoms with E-state index in [1.54, 1.807) is 16.1 Å². The summed E-state index contributed by atoms with van der Waals surface area (Å²) < 4.78 is 0. The van der Waals surface area contributed by atoms with E-state index in [1.165, 1.54) is 11.2 Å². The number of carbonyl (C=O) groups is 2. The molecule has 4 rings (SSSR count). The number of nitrogens with one attached hydrogen (secondary N) is 2. The van der Waals surface area contributed by atoms with Crippen molar-refractivity contribution in [3.63, 3.8) is 0 Å². The van der Waals surface area contributed by atoms with Gasteiger partial charge in [-0.25, -0.2) is 9.69 Å². The molecule has 3 amide bonds. The molecule has 2 fully saturated rings. The van der Waals surface area contributed by atoms with Crippen molar-refractivity contribution in [1.29, 1.82) is 0 Å². The summed E-state index contributed by atoms with van der Waals surface area (Å²) >= 11 is 0. The second kappa shape index (κ2) is 6.05. The Morgan fingerprint density at radius 2 is 1.96 bits per heavy atom. The zero-order valence-corrected chi connectivity index (χ0v) is 14.1. The molecule has 132 valence electrons. The van der Waals surface area contributed by atoms with Crippen molar-refractivity contribution in [1.82, 2.24) is 20.8 Å². The van der Waals surface area contributed by atoms with Crippen LogP contribution in [0.5, 0.6) is 0 Å². The van der Waals surface area contributed by atoms with Gasteiger partial charge in [0.1, 0.15) is 18.5 Å². The second-order valence-corrected chi connectivity index (χ2v) is 6.52. The van der Waals surface area contributed by atoms with Gasteiger partial charge >= 0.3 is 6.03 Å². The first-order valence-corrected chi connectivity index (χ1v) is 8.41. The average molecular weight is 343 g/mol. The van der Waals surface area contributed by atoms with E-state index in [2.05, 4.69) is 10.9 Å². The Kier molecular flexibility index (Phi) is 3.85. The SMILES string of the molecule is Cc1ccccc1N1C(=O)N(CN2C=CON2)C(=O)C12CCNCC2. The van der Waals surface area contributed by atoms with Crippen LogP contribution in [0.15, 0.2) is 36.7 Å². The highest BCUT2D eigenvalue weighted by Gasteiger charge is 2.58. The van der Waals surface area contributed by atoms with Crippen LogP contribution in [0.1, 0.15) is 18.4 Å². The largest absolute Gasteiger partial charge is 0.395 e. The number of amides is 3. The maximum absolute atomic E-state index is 13.3. The van der Waals surface area contributed by atoms with Crippen molar-refractivity contribution in [2.75, 3.05) is 24.7 Å². The predicted octanol–water partition coefficient (Wildman–Crippen LogP) is 1.07. The quantitative estimate of drug-likeness (QED) is 0.800. The highest BCUT2D eigenvalue weighted by molar-refractivity contribution is 6.17. The molecule has 1 aromatic carbocycles. The van der Waals surface area contributed by atoms with Crippen LogP contribution in [0.2, 0.25) is 0 Å². The predicted molar refractivity (Wildman–Crippen MR) is 90.8 cm³/mol. The molecule has 0 aromatic heterocycles. The summed E-state index contributed by atoms with van der Waals surface area (Å²) in [5, 5.41) is 4.84. The van der Waals surface area contributed by atoms with Gasteiger partial charge in [-0.05, 0) is 44.5 Å². The van der Waals surface area contributed by atoms with Crippen LogP contribution in [0.3, 0.4) is 0 Å². The lowest BCUT2D eigenvalue weighted by Gasteiger charge is -2.39. The topological polar surface area (TPSA) is 77.2 Å². The molecule has 25 heavy (non-hydrogen) atoms. The minimum absolute atomic E-state index is 0.103. The number of hydrogen-bond donors (Lipinski definition) is 2. The monoisotopic (exact) mass is 343 g/mol. The maximum Gasteiger partial charge on any atom is 0.333 e. The Hall–Kier alpha value is -2.58. The van der Waals surface area contributed by atoms with Gasteiger partial charge in [-0.1, -0.05) is 23.8 Å². The third-order valence-corrected chi connectivity index (χ3v) is 5.05. The molecule has 0 aliphatic carbocycles. The first-order valence-electron chi connectivity index (χ1n) is 8.41. The number of hydrazine groups is 1. The lowest BCUT2D eigenvalue weighted by Crippen LogP contribution is -2.56. The third-order valence-electron chi connectivity index (χ3n) is 5.05. The van der Waals surface area contributed by atoms with Gasteiger partial charge in [0.2, 0.25) is 0 Å². The number of imide groups is 1. The lowest BCUT2D eigenvalue weighted by atomic mass is 9.86. The smallest absolute Gasteiger partial charge is 0.333 e. The van der Waals surface area contributed by atoms with Crippen molar-refractivity contribution in [3.05, 3.63) is 42.3 Å². The number of anilines is 1. The summed E-state index contributed by atoms with van der Waals surface area (Å²) in [4.78, 5) is 34.4. The summed E-state index contributed by atoms with van der Waals surface area (Å²) in [7, 11) is 0. The highest BCUT2D eigenvalue weighted by atomic mass is 16.7. The fraction of sp³-hybridized carbons (Fsp3) is 0.412. The Balaban J connectivity index is 1.74. The summed E-state index contributed by atoms with van der Waals surface area (Å²) in [6.07, 6.45) is 4.31. The van der Waals surface area contributed by atoms with Crippen LogP contribution >= 0.6 is 0 Å². The first kappa shape index (κ1) is 15.9. The van der Waals surface area contributed by atoms with Crippen LogP contribution in [-0.2, 0) is 9.63 Å². The van der Waals surface area contributed by atoms with Gasteiger partial charge in [0.05, 0.1) is 6.20 Å². The summed E-state index contributed by atoms with van der Waals surface area (Å²) in [6.45, 7) is 3.48. The average Bonchev–Trinajstić information content (AvgIpc) is 3.20. The molecular weight excluding hydrogens is 322 g/mol. The molecule has 2 saturated heterocycles. The molecule has 8 heteroatoms. The van der Waals surface area contributed by atoms with Gasteiger partial charge in [0.15, 0.2) is 0 Å². The molecular formula is C17H21N5O3. The van der Waals surface area contributed by atoms with E-state index in [1.807, 2.05) is 31.2 Å². The van der Waals surface area contributed by atoms with E-state index in [9.17, 15) is 9.59 Å². The van der Waals surface area contributed by atoms with Crippen LogP contribution in [0, 0.1) is 6.92 Å². The third kappa shape index (κ3) is 2.45. The zero-order valence-electron chi connectivity index (χ0n) is 14.1. The molecule has 1 spiro atoms. The van der Waals surface area contributed by atoms with E-state index in [-0.39, 0.29) is 18.6 Å². The van der Waals surface area contributed by atoms with E-state index in [0.29, 0.717) is 25.9 Å². The molecule has 0 saturated carbocycles. The fourth-order valence-electron chi connectivity index (χ4n) is 3.75. The first-order chi connectivity index (χ1) is 12.1. The zero-order chi connectivity index (χ0) is 17.4. The van der Waals surface area contributed by atoms with Crippen molar-refractivity contribution in [2.24, 2.45) is 0 Å². The number of rotatable bonds is 3. The van der Waals surface area contributed by atoms with Crippen LogP contribution in [-0.4, -0.2) is 47.1 Å². The number of piperidine rings is 1. The van der Waals surface area contributed by atoms with Crippen molar-refractivity contribution in [3.8, 4) is 0 Å². The Morgan fingerprint density at radius 3 is 2.64 bits per heavy atom. The minimum atomic E-state index is -0.821. The van der Waals surface area contributed by atoms with Gasteiger partial charge < -0.3 is 10.2 Å². The van der Waals surface area contributed by atoms with Gasteiger partial charge in [-0.2, -0.15) is 0 Å². The van der Waals surface area contributed by atoms with Crippen molar-refractivity contribution < 1.29 is 14.4 Å². The summed E-state index contributed by atoms with van der Waals surface area (Å²) in [5.41, 5.74) is 3.58. The van der Waals surface area contributed by atoms with Gasteiger partial charge in [-0.15, -0.1) is 0 Å². The number of benzene rings is 1. The number of para-hydroxylation sites is 1. The van der Waals surface area contributed by atoms with Crippen molar-refractivity contribution in [2.45, 2.75) is 25.3 Å². The number of aryl methyl sites for hydroxylation is 1. The van der Waals surface area contributed by atoms with E-state index in [0.717, 1.165) is 11.3 Å². The Morgan fingerprint density at radius 1 is 1.20 bits per heavy atom. The molecule has 0 bridgehead atoms. The number of urea groups is 1. The number of hydrogen-bond acceptors (Lipinski definition) is 6. The van der Waals surface area contributed by atoms with E-state index >= 15 is 0 Å². The summed E-state index contributed by atoms with van der Waals surface area (Å²) in [5.74, 6) is -0.149. The molecule has 3 aliphatic rings. The fourth-order valence-corrected chi connectivity index (χ4v) is 3.75. The standard InChI is InChI=1S/C17H21N5O3/c1-13-4-2-3-5-14(13)22-16(24)21(12-20-10-11-25-19-20)15(23)17(22)6-8-18-9-7-17/h2-5,10-11,18-19H,6-9,12H2,1H3. The Labute approximate surface area is 145 Å². The summed E-state index contributed by atoms with van der Waals surface area (Å²) in [6, 6.07) is 7.41. The second-order valence-electron chi connectivity index (χ2n) is 6.52. The number of carbonyl (C=O) groups excluding carboxylic acids is 2. The lowest BCUT2D eigenvalue weighted by molar-refractivity contribution is -0.134. The normalized spacial score (nSPS) is 22.2. The number of nitrogens with zero attached hydrogens (tertiary/aromatic N) is 3. The molecule has 0 radical (unpaired) electrons. The minimum Gasteiger partial charge on any atom is -0.395 e. The molecule has 8 nitrogen and oxygen atoms in total. The van der Waals surface area contributed by atoms with Crippen LogP contribution in [0.25, 0.3) is 0 Å². The van der Waals surface area contributed by atoms with Gasteiger partial charge in [-0.3, -0.25) is 14.7 Å².